The molecule has 10 atom stereocenters. The molecule has 2 saturated heterocycles. The standard InChI is InChI=1S/C14H28NO15P/c1-25-15(26-2)31(24,29-13-11(22)9(20)7(18)5(3-16)27-13)30-14-12(23)10(21)8(19)6(4-17)28-14/h5-14,16-23H,3-4H2,1-2H3/t5-,6-,7-,8-,9+,10+,11-,12-,13+,14+/m1/s1. The molecule has 31 heavy (non-hydrogen) atoms. The van der Waals surface area contributed by atoms with Crippen LogP contribution in [0.15, 0.2) is 0 Å². The fraction of sp³-hybridized carbons (Fsp3) is 1.00. The van der Waals surface area contributed by atoms with Crippen molar-refractivity contribution in [1.82, 2.24) is 5.00 Å². The van der Waals surface area contributed by atoms with Crippen molar-refractivity contribution in [3.63, 3.8) is 0 Å². The first kappa shape index (κ1) is 26.9. The Hall–Kier alpha value is -0.370. The molecule has 0 aliphatic carbocycles. The average Bonchev–Trinajstić information content (AvgIpc) is 2.75. The summed E-state index contributed by atoms with van der Waals surface area (Å²) in [6.45, 7) is -1.61. The fourth-order valence-corrected chi connectivity index (χ4v) is 4.43. The molecule has 0 unspecified atom stereocenters. The van der Waals surface area contributed by atoms with Crippen LogP contribution in [0.5, 0.6) is 0 Å². The van der Waals surface area contributed by atoms with Crippen molar-refractivity contribution in [2.45, 2.75) is 61.4 Å². The maximum atomic E-state index is 13.4. The van der Waals surface area contributed by atoms with E-state index in [2.05, 4.69) is 0 Å². The van der Waals surface area contributed by atoms with Gasteiger partial charge in [0.15, 0.2) is 12.6 Å². The lowest BCUT2D eigenvalue weighted by atomic mass is 9.99. The van der Waals surface area contributed by atoms with Crippen LogP contribution in [0.2, 0.25) is 0 Å². The van der Waals surface area contributed by atoms with Gasteiger partial charge in [-0.1, -0.05) is 0 Å². The maximum Gasteiger partial charge on any atom is 0.460 e. The SMILES string of the molecule is CON(OC)P(=O)(O[C@@H]1O[C@H](CO)[C@@H](O)[C@H](O)[C@H]1O)O[C@@H]1O[C@H](CO)[C@@H](O)[C@H](O)[C@H]1O. The highest BCUT2D eigenvalue weighted by molar-refractivity contribution is 7.50. The van der Waals surface area contributed by atoms with E-state index in [1.165, 1.54) is 0 Å². The number of aliphatic hydroxyl groups is 8. The van der Waals surface area contributed by atoms with Gasteiger partial charge in [-0.25, -0.2) is 4.57 Å². The molecule has 0 aromatic heterocycles. The van der Waals surface area contributed by atoms with Gasteiger partial charge in [-0.2, -0.15) is 0 Å². The van der Waals surface area contributed by atoms with Crippen LogP contribution in [-0.4, -0.2) is 135 Å². The number of aliphatic hydroxyl groups excluding tert-OH is 8. The molecular formula is C14H28NO15P. The second-order valence-corrected chi connectivity index (χ2v) is 8.36. The lowest BCUT2D eigenvalue weighted by Gasteiger charge is -2.43. The molecule has 17 heteroatoms. The van der Waals surface area contributed by atoms with Gasteiger partial charge < -0.3 is 50.3 Å². The summed E-state index contributed by atoms with van der Waals surface area (Å²) in [5.74, 6) is 0. The van der Waals surface area contributed by atoms with E-state index < -0.39 is 82.4 Å². The summed E-state index contributed by atoms with van der Waals surface area (Å²) in [5.41, 5.74) is 0. The maximum absolute atomic E-state index is 13.4. The summed E-state index contributed by atoms with van der Waals surface area (Å²) in [5, 5.41) is 78.2. The molecule has 0 spiro atoms. The van der Waals surface area contributed by atoms with Crippen LogP contribution in [0.25, 0.3) is 0 Å². The third kappa shape index (κ3) is 5.59. The number of hydrogen-bond donors (Lipinski definition) is 8. The molecule has 2 aliphatic rings. The van der Waals surface area contributed by atoms with E-state index in [0.717, 1.165) is 14.2 Å². The number of ether oxygens (including phenoxy) is 2. The number of nitrogens with zero attached hydrogens (tertiary/aromatic N) is 1. The minimum Gasteiger partial charge on any atom is -0.394 e. The highest BCUT2D eigenvalue weighted by Gasteiger charge is 2.53. The fourth-order valence-electron chi connectivity index (χ4n) is 2.95. The van der Waals surface area contributed by atoms with E-state index in [1.807, 2.05) is 0 Å². The molecule has 0 bridgehead atoms. The normalized spacial score (nSPS) is 42.2. The van der Waals surface area contributed by atoms with Gasteiger partial charge in [0.2, 0.25) is 0 Å². The first-order valence-electron chi connectivity index (χ1n) is 9.01. The Bertz CT molecular complexity index is 564. The summed E-state index contributed by atoms with van der Waals surface area (Å²) in [7, 11) is -2.99. The van der Waals surface area contributed by atoms with Crippen molar-refractivity contribution in [2.24, 2.45) is 0 Å². The zero-order chi connectivity index (χ0) is 23.5. The molecular weight excluding hydrogens is 453 g/mol. The Labute approximate surface area is 176 Å². The zero-order valence-corrected chi connectivity index (χ0v) is 17.4. The smallest absolute Gasteiger partial charge is 0.394 e. The van der Waals surface area contributed by atoms with Crippen molar-refractivity contribution < 1.29 is 73.6 Å². The summed E-state index contributed by atoms with van der Waals surface area (Å²) in [6.07, 6.45) is -18.0. The van der Waals surface area contributed by atoms with Crippen molar-refractivity contribution in [3.8, 4) is 0 Å². The minimum absolute atomic E-state index is 0.163. The third-order valence-electron chi connectivity index (χ3n) is 4.68. The van der Waals surface area contributed by atoms with Gasteiger partial charge in [0.05, 0.1) is 27.4 Å². The van der Waals surface area contributed by atoms with Gasteiger partial charge in [0, 0.05) is 5.00 Å². The van der Waals surface area contributed by atoms with Crippen LogP contribution in [0, 0.1) is 0 Å². The van der Waals surface area contributed by atoms with Crippen LogP contribution in [0.4, 0.5) is 0 Å². The van der Waals surface area contributed by atoms with Crippen LogP contribution in [-0.2, 0) is 32.8 Å². The second kappa shape index (κ2) is 11.2. The predicted octanol–water partition coefficient (Wildman–Crippen LogP) is -4.85. The number of hydrogen-bond acceptors (Lipinski definition) is 15. The lowest BCUT2D eigenvalue weighted by Crippen LogP contribution is -2.60. The Balaban J connectivity index is 2.29. The largest absolute Gasteiger partial charge is 0.460 e. The molecule has 0 aromatic rings. The summed E-state index contributed by atoms with van der Waals surface area (Å²) < 4.78 is 33.9. The van der Waals surface area contributed by atoms with E-state index in [-0.39, 0.29) is 5.00 Å². The first-order valence-corrected chi connectivity index (χ1v) is 10.5. The molecule has 8 N–H and O–H groups in total. The number of rotatable bonds is 9. The molecule has 0 radical (unpaired) electrons. The molecule has 0 aromatic carbocycles. The van der Waals surface area contributed by atoms with Crippen LogP contribution in [0.3, 0.4) is 0 Å². The Kier molecular flexibility index (Phi) is 9.68. The third-order valence-corrected chi connectivity index (χ3v) is 6.36. The molecule has 2 rings (SSSR count). The van der Waals surface area contributed by atoms with Crippen LogP contribution in [0.1, 0.15) is 0 Å². The lowest BCUT2D eigenvalue weighted by molar-refractivity contribution is -0.327. The Morgan fingerprint density at radius 3 is 1.35 bits per heavy atom. The quantitative estimate of drug-likeness (QED) is 0.114. The van der Waals surface area contributed by atoms with Crippen molar-refractivity contribution in [3.05, 3.63) is 0 Å². The Morgan fingerprint density at radius 2 is 1.06 bits per heavy atom. The van der Waals surface area contributed by atoms with E-state index in [4.69, 9.17) is 28.2 Å². The monoisotopic (exact) mass is 481 g/mol. The Morgan fingerprint density at radius 1 is 0.710 bits per heavy atom. The van der Waals surface area contributed by atoms with E-state index in [0.29, 0.717) is 0 Å². The van der Waals surface area contributed by atoms with Gasteiger partial charge in [-0.3, -0.25) is 18.7 Å². The highest BCUT2D eigenvalue weighted by atomic mass is 31.2. The molecule has 0 amide bonds. The van der Waals surface area contributed by atoms with E-state index in [1.54, 1.807) is 0 Å². The van der Waals surface area contributed by atoms with Gasteiger partial charge >= 0.3 is 7.75 Å². The highest BCUT2D eigenvalue weighted by Crippen LogP contribution is 2.56. The van der Waals surface area contributed by atoms with Crippen molar-refractivity contribution >= 4 is 7.75 Å². The topological polar surface area (TPSA) is 238 Å². The van der Waals surface area contributed by atoms with Crippen LogP contribution < -0.4 is 0 Å². The molecule has 2 aliphatic heterocycles. The average molecular weight is 481 g/mol. The van der Waals surface area contributed by atoms with Gasteiger partial charge in [0.25, 0.3) is 0 Å². The molecule has 2 fully saturated rings. The predicted molar refractivity (Wildman–Crippen MR) is 93.2 cm³/mol. The summed E-state index contributed by atoms with van der Waals surface area (Å²) in [4.78, 5) is 9.61. The van der Waals surface area contributed by atoms with Gasteiger partial charge in [-0.15, -0.1) is 0 Å². The van der Waals surface area contributed by atoms with Gasteiger partial charge in [-0.05, 0) is 0 Å². The second-order valence-electron chi connectivity index (χ2n) is 6.68. The minimum atomic E-state index is -4.94. The van der Waals surface area contributed by atoms with Gasteiger partial charge in [0.1, 0.15) is 48.8 Å². The summed E-state index contributed by atoms with van der Waals surface area (Å²) in [6, 6.07) is 0. The first-order chi connectivity index (χ1) is 14.5. The molecule has 2 heterocycles. The van der Waals surface area contributed by atoms with E-state index in [9.17, 15) is 45.4 Å². The zero-order valence-electron chi connectivity index (χ0n) is 16.5. The molecule has 0 saturated carbocycles. The van der Waals surface area contributed by atoms with E-state index >= 15 is 0 Å². The van der Waals surface area contributed by atoms with Crippen molar-refractivity contribution in [1.29, 1.82) is 0 Å². The molecule has 184 valence electrons. The van der Waals surface area contributed by atoms with Crippen molar-refractivity contribution in [2.75, 3.05) is 27.4 Å². The van der Waals surface area contributed by atoms with Crippen LogP contribution >= 0.6 is 7.75 Å². The molecule has 16 nitrogen and oxygen atoms in total. The summed E-state index contributed by atoms with van der Waals surface area (Å²) >= 11 is 0.